The van der Waals surface area contributed by atoms with Crippen molar-refractivity contribution in [2.45, 2.75) is 32.1 Å². The molecule has 104 valence electrons. The summed E-state index contributed by atoms with van der Waals surface area (Å²) in [5.74, 6) is -2.45. The number of carbonyl (C=O) groups excluding carboxylic acids is 1. The Morgan fingerprint density at radius 2 is 2.16 bits per heavy atom. The molecule has 19 heavy (non-hydrogen) atoms. The van der Waals surface area contributed by atoms with Crippen LogP contribution in [0.3, 0.4) is 0 Å². The smallest absolute Gasteiger partial charge is 0.254 e. The minimum absolute atomic E-state index is 0.139. The lowest BCUT2D eigenvalue weighted by atomic mass is 10.1. The number of nitrogens with zero attached hydrogens (tertiary/aromatic N) is 3. The first-order valence-electron chi connectivity index (χ1n) is 6.15. The third kappa shape index (κ3) is 3.15. The molecule has 1 aromatic heterocycles. The van der Waals surface area contributed by atoms with Gasteiger partial charge in [0.15, 0.2) is 0 Å². The molecule has 1 amide bonds. The van der Waals surface area contributed by atoms with Gasteiger partial charge >= 0.3 is 0 Å². The average Bonchev–Trinajstić information content (AvgIpc) is 2.49. The quantitative estimate of drug-likeness (QED) is 0.884. The van der Waals surface area contributed by atoms with E-state index in [-0.39, 0.29) is 24.9 Å². The van der Waals surface area contributed by atoms with Gasteiger partial charge < -0.3 is 10.6 Å². The molecule has 1 aliphatic rings. The van der Waals surface area contributed by atoms with Crippen LogP contribution in [0.25, 0.3) is 0 Å². The van der Waals surface area contributed by atoms with E-state index < -0.39 is 11.8 Å². The molecular formula is C12H16F2N4O. The van der Waals surface area contributed by atoms with Gasteiger partial charge in [-0.25, -0.2) is 18.7 Å². The van der Waals surface area contributed by atoms with Crippen LogP contribution in [-0.2, 0) is 0 Å². The molecular weight excluding hydrogens is 254 g/mol. The molecule has 1 saturated heterocycles. The molecule has 1 aliphatic heterocycles. The number of alkyl halides is 2. The number of anilines is 1. The van der Waals surface area contributed by atoms with E-state index in [2.05, 4.69) is 9.97 Å². The van der Waals surface area contributed by atoms with E-state index in [1.165, 1.54) is 6.20 Å². The van der Waals surface area contributed by atoms with Crippen molar-refractivity contribution in [1.29, 1.82) is 0 Å². The van der Waals surface area contributed by atoms with E-state index in [4.69, 9.17) is 5.73 Å². The molecule has 1 aromatic rings. The fourth-order valence-electron chi connectivity index (χ4n) is 2.15. The van der Waals surface area contributed by atoms with Crippen LogP contribution in [0.4, 0.5) is 14.6 Å². The predicted molar refractivity (Wildman–Crippen MR) is 66.3 cm³/mol. The minimum atomic E-state index is -2.65. The number of halogens is 2. The first-order chi connectivity index (χ1) is 8.89. The lowest BCUT2D eigenvalue weighted by molar-refractivity contribution is -0.0102. The summed E-state index contributed by atoms with van der Waals surface area (Å²) >= 11 is 0. The number of amides is 1. The summed E-state index contributed by atoms with van der Waals surface area (Å²) in [4.78, 5) is 21.1. The maximum atomic E-state index is 13.3. The van der Waals surface area contributed by atoms with Crippen molar-refractivity contribution in [1.82, 2.24) is 9.97 Å². The zero-order valence-corrected chi connectivity index (χ0v) is 10.7. The highest BCUT2D eigenvalue weighted by molar-refractivity contribution is 5.97. The van der Waals surface area contributed by atoms with Gasteiger partial charge in [-0.05, 0) is 13.3 Å². The van der Waals surface area contributed by atoms with Crippen molar-refractivity contribution in [3.8, 4) is 0 Å². The molecule has 1 fully saturated rings. The molecule has 2 N–H and O–H groups in total. The summed E-state index contributed by atoms with van der Waals surface area (Å²) < 4.78 is 26.7. The van der Waals surface area contributed by atoms with Gasteiger partial charge in [0.1, 0.15) is 17.2 Å². The Morgan fingerprint density at radius 3 is 2.84 bits per heavy atom. The maximum absolute atomic E-state index is 13.3. The Balaban J connectivity index is 2.30. The first-order valence-corrected chi connectivity index (χ1v) is 6.15. The number of hydrogen-bond acceptors (Lipinski definition) is 4. The van der Waals surface area contributed by atoms with E-state index >= 15 is 0 Å². The van der Waals surface area contributed by atoms with Gasteiger partial charge in [0.2, 0.25) is 5.92 Å². The second-order valence-corrected chi connectivity index (χ2v) is 4.72. The third-order valence-corrected chi connectivity index (χ3v) is 3.17. The molecule has 0 unspecified atom stereocenters. The van der Waals surface area contributed by atoms with Crippen LogP contribution < -0.4 is 10.6 Å². The fraction of sp³-hybridized carbons (Fsp3) is 0.583. The molecule has 0 aromatic carbocycles. The highest BCUT2D eigenvalue weighted by Gasteiger charge is 2.32. The van der Waals surface area contributed by atoms with Crippen LogP contribution in [0.2, 0.25) is 0 Å². The van der Waals surface area contributed by atoms with Crippen LogP contribution in [0.15, 0.2) is 6.20 Å². The minimum Gasteiger partial charge on any atom is -0.365 e. The van der Waals surface area contributed by atoms with Crippen molar-refractivity contribution in [2.75, 3.05) is 18.0 Å². The fourth-order valence-corrected chi connectivity index (χ4v) is 2.15. The molecule has 0 atom stereocenters. The van der Waals surface area contributed by atoms with Crippen LogP contribution in [0.1, 0.15) is 35.4 Å². The highest BCUT2D eigenvalue weighted by atomic mass is 19.3. The Hall–Kier alpha value is -1.79. The average molecular weight is 270 g/mol. The van der Waals surface area contributed by atoms with Crippen molar-refractivity contribution in [3.05, 3.63) is 17.6 Å². The SMILES string of the molecule is Cc1ncc(C(N)=O)c(N2CCCC(F)(F)CC2)n1. The first kappa shape index (κ1) is 13.6. The van der Waals surface area contributed by atoms with E-state index in [9.17, 15) is 13.6 Å². The maximum Gasteiger partial charge on any atom is 0.254 e. The van der Waals surface area contributed by atoms with Gasteiger partial charge in [0.05, 0.1) is 0 Å². The number of carbonyl (C=O) groups is 1. The summed E-state index contributed by atoms with van der Waals surface area (Å²) in [7, 11) is 0. The highest BCUT2D eigenvalue weighted by Crippen LogP contribution is 2.30. The van der Waals surface area contributed by atoms with Crippen molar-refractivity contribution < 1.29 is 13.6 Å². The Bertz CT molecular complexity index is 493. The molecule has 0 bridgehead atoms. The largest absolute Gasteiger partial charge is 0.365 e. The standard InChI is InChI=1S/C12H16F2N4O/c1-8-16-7-9(10(15)19)11(17-8)18-5-2-3-12(13,14)4-6-18/h7H,2-6H2,1H3,(H2,15,19). The summed E-state index contributed by atoms with van der Waals surface area (Å²) in [6.45, 7) is 2.27. The monoisotopic (exact) mass is 270 g/mol. The summed E-state index contributed by atoms with van der Waals surface area (Å²) in [6, 6.07) is 0. The molecule has 2 heterocycles. The van der Waals surface area contributed by atoms with Gasteiger partial charge in [-0.1, -0.05) is 0 Å². The van der Waals surface area contributed by atoms with Crippen LogP contribution >= 0.6 is 0 Å². The number of primary amides is 1. The Morgan fingerprint density at radius 1 is 1.42 bits per heavy atom. The zero-order chi connectivity index (χ0) is 14.0. The summed E-state index contributed by atoms with van der Waals surface area (Å²) in [5.41, 5.74) is 5.45. The van der Waals surface area contributed by atoms with Gasteiger partial charge in [-0.3, -0.25) is 4.79 Å². The molecule has 0 radical (unpaired) electrons. The molecule has 7 heteroatoms. The molecule has 2 rings (SSSR count). The number of hydrogen-bond donors (Lipinski definition) is 1. The Kier molecular flexibility index (Phi) is 3.64. The van der Waals surface area contributed by atoms with Gasteiger partial charge in [0.25, 0.3) is 5.91 Å². The summed E-state index contributed by atoms with van der Waals surface area (Å²) in [5, 5.41) is 0. The number of rotatable bonds is 2. The normalized spacial score (nSPS) is 19.0. The molecule has 0 spiro atoms. The predicted octanol–water partition coefficient (Wildman–Crippen LogP) is 1.51. The van der Waals surface area contributed by atoms with Gasteiger partial charge in [-0.15, -0.1) is 0 Å². The zero-order valence-electron chi connectivity index (χ0n) is 10.7. The third-order valence-electron chi connectivity index (χ3n) is 3.17. The van der Waals surface area contributed by atoms with Crippen molar-refractivity contribution in [2.24, 2.45) is 5.73 Å². The lowest BCUT2D eigenvalue weighted by Crippen LogP contribution is -2.30. The van der Waals surface area contributed by atoms with Crippen LogP contribution in [0, 0.1) is 6.92 Å². The van der Waals surface area contributed by atoms with E-state index in [0.717, 1.165) is 0 Å². The lowest BCUT2D eigenvalue weighted by Gasteiger charge is -2.23. The number of nitrogens with two attached hydrogens (primary N) is 1. The second-order valence-electron chi connectivity index (χ2n) is 4.72. The topological polar surface area (TPSA) is 72.1 Å². The van der Waals surface area contributed by atoms with Crippen LogP contribution in [-0.4, -0.2) is 34.9 Å². The van der Waals surface area contributed by atoms with Gasteiger partial charge in [0, 0.05) is 32.1 Å². The molecule has 0 saturated carbocycles. The number of aromatic nitrogens is 2. The van der Waals surface area contributed by atoms with Gasteiger partial charge in [-0.2, -0.15) is 0 Å². The van der Waals surface area contributed by atoms with Crippen molar-refractivity contribution >= 4 is 11.7 Å². The summed E-state index contributed by atoms with van der Waals surface area (Å²) in [6.07, 6.45) is 1.32. The van der Waals surface area contributed by atoms with E-state index in [1.54, 1.807) is 11.8 Å². The number of aryl methyl sites for hydroxylation is 1. The molecule has 5 nitrogen and oxygen atoms in total. The Labute approximate surface area is 109 Å². The van der Waals surface area contributed by atoms with Crippen molar-refractivity contribution in [3.63, 3.8) is 0 Å². The van der Waals surface area contributed by atoms with E-state index in [0.29, 0.717) is 24.6 Å². The van der Waals surface area contributed by atoms with E-state index in [1.807, 2.05) is 0 Å². The molecule has 0 aliphatic carbocycles. The second kappa shape index (κ2) is 5.07. The van der Waals surface area contributed by atoms with Crippen LogP contribution in [0.5, 0.6) is 0 Å².